The van der Waals surface area contributed by atoms with Crippen LogP contribution in [0.25, 0.3) is 10.9 Å². The number of unbranched alkanes of at least 4 members (excludes halogenated alkanes) is 1. The van der Waals surface area contributed by atoms with Gasteiger partial charge in [0.05, 0.1) is 35.8 Å². The number of methoxy groups -OCH3 is 2. The van der Waals surface area contributed by atoms with E-state index in [9.17, 15) is 53.7 Å². The molecule has 758 valence electrons. The Balaban J connectivity index is 0.861. The summed E-state index contributed by atoms with van der Waals surface area (Å²) < 4.78 is 53.9. The number of fused-ring (bicyclic) bond motifs is 4. The van der Waals surface area contributed by atoms with Gasteiger partial charge >= 0.3 is 30.2 Å². The molecule has 5 fully saturated rings. The molecule has 12 rings (SSSR count). The molecule has 38 nitrogen and oxygen atoms in total. The van der Waals surface area contributed by atoms with Gasteiger partial charge in [0.15, 0.2) is 11.4 Å². The first-order valence-electron chi connectivity index (χ1n) is 46.0. The molecule has 4 aliphatic carbocycles. The van der Waals surface area contributed by atoms with E-state index in [0.717, 1.165) is 43.2 Å². The number of aliphatic hydroxyl groups is 2. The summed E-state index contributed by atoms with van der Waals surface area (Å²) >= 11 is 0. The zero-order valence-electron chi connectivity index (χ0n) is 80.0. The van der Waals surface area contributed by atoms with Gasteiger partial charge in [-0.1, -0.05) is 159 Å². The summed E-state index contributed by atoms with van der Waals surface area (Å²) in [6.07, 6.45) is -13.0. The number of carbonyl (C=O) groups is 14. The number of benzene rings is 5. The van der Waals surface area contributed by atoms with E-state index < -0.39 is 238 Å². The third kappa shape index (κ3) is 26.9. The number of esters is 3. The maximum Gasteiger partial charge on any atom is 0.509 e. The van der Waals surface area contributed by atoms with Crippen LogP contribution in [0.2, 0.25) is 0 Å². The van der Waals surface area contributed by atoms with Crippen molar-refractivity contribution in [2.45, 2.75) is 252 Å². The minimum Gasteiger partial charge on any atom is -0.508 e. The lowest BCUT2D eigenvalue weighted by molar-refractivity contribution is -0.293. The van der Waals surface area contributed by atoms with Crippen LogP contribution in [0.3, 0.4) is 0 Å². The molecule has 140 heavy (non-hydrogen) atoms. The Morgan fingerprint density at radius 2 is 1.34 bits per heavy atom. The number of amides is 9. The molecule has 3 saturated carbocycles. The van der Waals surface area contributed by atoms with Gasteiger partial charge in [-0.2, -0.15) is 0 Å². The minimum absolute atomic E-state index is 0.00432. The Kier molecular flexibility index (Phi) is 37.4. The van der Waals surface area contributed by atoms with E-state index >= 15 is 28.8 Å². The Morgan fingerprint density at radius 3 is 1.97 bits per heavy atom. The Hall–Kier alpha value is -11.3. The number of Topliss-reactive ketones (excluding diaryl/α,β-unsaturated/α-hetero) is 1. The van der Waals surface area contributed by atoms with Crippen molar-refractivity contribution in [1.29, 1.82) is 0 Å². The fourth-order valence-corrected chi connectivity index (χ4v) is 23.2. The topological polar surface area (TPSA) is 573 Å². The second kappa shape index (κ2) is 48.0. The third-order valence-electron chi connectivity index (χ3n) is 25.8. The number of hydrogen-bond acceptors (Lipinski definition) is 32. The van der Waals surface area contributed by atoms with Crippen molar-refractivity contribution in [1.82, 2.24) is 47.5 Å². The maximum absolute atomic E-state index is 15.9. The molecule has 18 N–H and O–H groups in total. The van der Waals surface area contributed by atoms with Gasteiger partial charge in [-0.25, -0.2) is 19.2 Å². The van der Waals surface area contributed by atoms with Crippen LogP contribution >= 0.6 is 43.2 Å². The van der Waals surface area contributed by atoms with E-state index in [0.29, 0.717) is 34.0 Å². The predicted octanol–water partition coefficient (Wildman–Crippen LogP) is 6.06. The van der Waals surface area contributed by atoms with Crippen LogP contribution in [0.1, 0.15) is 153 Å². The van der Waals surface area contributed by atoms with Crippen molar-refractivity contribution < 1.29 is 125 Å². The summed E-state index contributed by atoms with van der Waals surface area (Å²) in [4.78, 5) is 210. The highest BCUT2D eigenvalue weighted by molar-refractivity contribution is 8.77. The van der Waals surface area contributed by atoms with Crippen LogP contribution < -0.4 is 59.7 Å². The van der Waals surface area contributed by atoms with Crippen LogP contribution in [0.5, 0.6) is 5.75 Å². The number of aromatic hydroxyl groups is 1. The molecular weight excluding hydrogens is 1890 g/mol. The lowest BCUT2D eigenvalue weighted by atomic mass is 9.48. The fourth-order valence-electron chi connectivity index (χ4n) is 18.4. The number of aromatic amines is 1. The molecule has 9 amide bonds. The summed E-state index contributed by atoms with van der Waals surface area (Å²) in [7, 11) is 6.45. The number of alkyl carbamates (subject to hydrolysis) is 1. The Bertz CT molecular complexity index is 5470. The number of primary amides is 1. The van der Waals surface area contributed by atoms with E-state index in [1.807, 2.05) is 0 Å². The SMILES string of the molecule is CO[C@H]1C(=O)[C@@]2(C)C[C@H](OC(=O)c3ccccc3)[C@]3(O)C[C@H](OC(=O)[C@H](OC(=O)OCCSSC(C)(C)[C@H](NC(=O)[C@@H]4CSSC[C@H](NC(=O)[C@H](N)Cc5ccccc5)C(=O)N[C@@H](Cc5ccc(O)cc5)C(=O)N[C@H](Cc5c[nH]c6ccccc56)C(=O)N[C@@H](CCCCN)C(=O)N[C@@H]([C@@H](C)O)C(=O)N4)C(N)=O)[C@@H](NC(=O)OC(C)(C)C)c4ccccc4)C(C)=C1C3(C)C[C@]1(OC(C)=O)CO[C@@H]1C[C@@H]2OC. The molecule has 0 radical (unpaired) electrons. The molecule has 5 aromatic carbocycles. The summed E-state index contributed by atoms with van der Waals surface area (Å²) in [5, 5.41) is 58.4. The number of aromatic nitrogens is 1. The highest BCUT2D eigenvalue weighted by Gasteiger charge is 2.72. The highest BCUT2D eigenvalue weighted by Crippen LogP contribution is 2.63. The number of H-pyrrole nitrogens is 1. The number of aliphatic hydroxyl groups excluding tert-OH is 1. The van der Waals surface area contributed by atoms with E-state index in [4.69, 9.17) is 59.8 Å². The second-order valence-electron chi connectivity index (χ2n) is 37.6. The molecule has 6 aromatic rings. The third-order valence-corrected chi connectivity index (χ3v) is 31.5. The number of hydrogen-bond donors (Lipinski definition) is 15. The highest BCUT2D eigenvalue weighted by atomic mass is 33.1. The van der Waals surface area contributed by atoms with Crippen LogP contribution in [0.15, 0.2) is 157 Å². The summed E-state index contributed by atoms with van der Waals surface area (Å²) in [6.45, 7) is 14.5. The van der Waals surface area contributed by atoms with Crippen LogP contribution in [-0.2, 0) is 115 Å². The van der Waals surface area contributed by atoms with E-state index in [1.54, 1.807) is 139 Å². The molecule has 1 unspecified atom stereocenters. The molecule has 1 aromatic heterocycles. The number of nitrogens with two attached hydrogens (primary N) is 3. The van der Waals surface area contributed by atoms with Crippen molar-refractivity contribution in [2.24, 2.45) is 28.0 Å². The zero-order valence-corrected chi connectivity index (χ0v) is 83.3. The van der Waals surface area contributed by atoms with Gasteiger partial charge in [0.1, 0.15) is 96.3 Å². The number of ether oxygens (including phenoxy) is 9. The number of carbonyl (C=O) groups excluding carboxylic acids is 14. The van der Waals surface area contributed by atoms with Gasteiger partial charge in [-0.15, -0.1) is 0 Å². The lowest BCUT2D eigenvalue weighted by Crippen LogP contribution is -2.73. The van der Waals surface area contributed by atoms with Crippen molar-refractivity contribution >= 4 is 137 Å². The van der Waals surface area contributed by atoms with Crippen molar-refractivity contribution in [3.63, 3.8) is 0 Å². The fraction of sp³-hybridized carbons (Fsp3) is 0.510. The number of rotatable bonds is 33. The molecule has 42 heteroatoms. The molecule has 3 heterocycles. The van der Waals surface area contributed by atoms with E-state index in [2.05, 4.69) is 47.5 Å². The quantitative estimate of drug-likeness (QED) is 0.00732. The predicted molar refractivity (Wildman–Crippen MR) is 522 cm³/mol. The van der Waals surface area contributed by atoms with Gasteiger partial charge in [0, 0.05) is 104 Å². The maximum atomic E-state index is 15.9. The molecule has 20 atom stereocenters. The first-order chi connectivity index (χ1) is 66.3. The minimum atomic E-state index is -2.43. The van der Waals surface area contributed by atoms with Crippen LogP contribution in [0.4, 0.5) is 9.59 Å². The first-order valence-corrected chi connectivity index (χ1v) is 50.8. The van der Waals surface area contributed by atoms with Gasteiger partial charge in [0.2, 0.25) is 53.4 Å². The first kappa shape index (κ1) is 109. The molecular formula is C98H126N12O26S4. The van der Waals surface area contributed by atoms with Gasteiger partial charge in [0.25, 0.3) is 0 Å². The van der Waals surface area contributed by atoms with Gasteiger partial charge in [-0.05, 0) is 151 Å². The monoisotopic (exact) mass is 2010 g/mol. The summed E-state index contributed by atoms with van der Waals surface area (Å²) in [5.41, 5.74) is 12.8. The zero-order chi connectivity index (χ0) is 102. The van der Waals surface area contributed by atoms with Crippen molar-refractivity contribution in [3.05, 3.63) is 185 Å². The molecule has 2 aliphatic heterocycles. The second-order valence-corrected chi connectivity index (χ2v) is 43.2. The van der Waals surface area contributed by atoms with E-state index in [-0.39, 0.29) is 97.6 Å². The molecule has 6 aliphatic rings. The van der Waals surface area contributed by atoms with Crippen LogP contribution in [-0.4, -0.2) is 267 Å². The smallest absolute Gasteiger partial charge is 0.508 e. The molecule has 4 bridgehead atoms. The number of phenols is 1. The number of ketones is 1. The van der Waals surface area contributed by atoms with E-state index in [1.165, 1.54) is 90.4 Å². The Morgan fingerprint density at radius 1 is 0.714 bits per heavy atom. The van der Waals surface area contributed by atoms with Gasteiger partial charge < -0.3 is 123 Å². The summed E-state index contributed by atoms with van der Waals surface area (Å²) in [6, 6.07) is 23.3. The van der Waals surface area contributed by atoms with Crippen molar-refractivity contribution in [3.8, 4) is 5.75 Å². The average Bonchev–Trinajstić information content (AvgIpc) is 0.706. The molecule has 0 spiro atoms. The summed E-state index contributed by atoms with van der Waals surface area (Å²) in [5.74, 6) is -12.3. The standard InChI is InChI=1S/C98H126N12O26S4/c1-53-70(46-98(127)73(133-89(123)59-30-20-15-21-31-59)47-95(9)71(128-11)45-72-97(52-131-72,135-55(3)112)51-96(98,10)74(53)77(129-12)80(95)114)132-90(124)78(76(58-28-18-14-19-29-58)109-91(125)136-93(4,5)6)134-92(126)130-40-41-137-140-94(7,8)79(81(101)115)110-87(121)69-50-139-138-49-68(106-82(116)63(100)42-56-26-16-13-17-27-56)86(120)104-66(43-57-35-37-61(113)38-36-57)84(118)105-67(44-60-48-102-64-33-23-22-32-62(60)64)85(119)103-65(34-24-25-39-99)83(117)108-75(54(2)111)88(122)107-69/h13-23,26-33,35-38,48,54,63,65-73,75-79,102,111,113,127H,24-25,34,39-47,49-52,99-100H2,1-12H3,(H2,101,115)(H,103,119)(H,104,120)(H,105,118)(H,106,116)(H,107,122)(H,108,117)(H,109,125)(H,110,121)/t54-,63-,65+,66+,67-,68+,69+,70+,71+,72-,73+,75+,76+,77-,78-,79-,95+,96?,97+,98-/m1/s1. The lowest BCUT2D eigenvalue weighted by Gasteiger charge is -2.63. The number of para-hydroxylation sites is 1. The largest absolute Gasteiger partial charge is 0.509 e. The average molecular weight is 2020 g/mol. The Labute approximate surface area is 826 Å². The molecule has 2 saturated heterocycles. The van der Waals surface area contributed by atoms with Crippen LogP contribution in [0, 0.1) is 10.8 Å². The number of phenolic OH excluding ortho intramolecular Hbond substituents is 1. The van der Waals surface area contributed by atoms with Crippen molar-refractivity contribution in [2.75, 3.05) is 51.2 Å². The van der Waals surface area contributed by atoms with Gasteiger partial charge in [-0.3, -0.25) is 47.9 Å². The number of nitrogens with one attached hydrogen (secondary N) is 9. The normalized spacial score (nSPS) is 26.6.